The molecule has 0 radical (unpaired) electrons. The number of urea groups is 1. The molecule has 0 spiro atoms. The van der Waals surface area contributed by atoms with E-state index in [0.717, 1.165) is 10.5 Å². The van der Waals surface area contributed by atoms with E-state index in [1.54, 1.807) is 30.3 Å². The third-order valence-electron chi connectivity index (χ3n) is 4.48. The van der Waals surface area contributed by atoms with E-state index in [4.69, 9.17) is 9.47 Å². The molecule has 2 aromatic carbocycles. The molecule has 0 saturated carbocycles. The largest absolute Gasteiger partial charge is 0.490 e. The molecule has 0 aliphatic carbocycles. The van der Waals surface area contributed by atoms with Gasteiger partial charge in [-0.15, -0.1) is 0 Å². The second-order valence-corrected chi connectivity index (χ2v) is 6.87. The molecule has 1 fully saturated rings. The van der Waals surface area contributed by atoms with Crippen LogP contribution in [0.15, 0.2) is 48.2 Å². The fourth-order valence-electron chi connectivity index (χ4n) is 3.02. The molecule has 1 heterocycles. The van der Waals surface area contributed by atoms with Gasteiger partial charge in [0.1, 0.15) is 12.2 Å². The number of benzene rings is 2. The van der Waals surface area contributed by atoms with Crippen LogP contribution in [0.3, 0.4) is 0 Å². The highest BCUT2D eigenvalue weighted by Crippen LogP contribution is 2.29. The van der Waals surface area contributed by atoms with E-state index in [0.29, 0.717) is 36.0 Å². The van der Waals surface area contributed by atoms with Crippen LogP contribution in [0.5, 0.6) is 11.5 Å². The molecule has 0 bridgehead atoms. The van der Waals surface area contributed by atoms with Crippen molar-refractivity contribution < 1.29 is 23.9 Å². The number of aryl methyl sites for hydroxylation is 1. The van der Waals surface area contributed by atoms with Crippen LogP contribution in [-0.2, 0) is 9.59 Å². The van der Waals surface area contributed by atoms with Crippen molar-refractivity contribution >= 4 is 29.6 Å². The van der Waals surface area contributed by atoms with Gasteiger partial charge in [-0.2, -0.15) is 0 Å². The maximum absolute atomic E-state index is 12.7. The summed E-state index contributed by atoms with van der Waals surface area (Å²) in [4.78, 5) is 38.1. The molecule has 0 unspecified atom stereocenters. The number of carbonyl (C=O) groups excluding carboxylic acids is 3. The van der Waals surface area contributed by atoms with Gasteiger partial charge in [-0.1, -0.05) is 23.8 Å². The molecule has 162 valence electrons. The Bertz CT molecular complexity index is 1010. The smallest absolute Gasteiger partial charge is 0.329 e. The maximum atomic E-state index is 12.7. The summed E-state index contributed by atoms with van der Waals surface area (Å²) in [6.45, 7) is 6.25. The zero-order valence-electron chi connectivity index (χ0n) is 17.7. The Hall–Kier alpha value is -3.81. The van der Waals surface area contributed by atoms with Crippen LogP contribution in [0, 0.1) is 6.92 Å². The summed E-state index contributed by atoms with van der Waals surface area (Å²) in [5, 5.41) is 5.20. The SMILES string of the molecule is CCOc1ccc(/C=C2/NC(=O)N(CC(=O)Nc3ccc(C)cc3)C2=O)cc1OCC. The standard InChI is InChI=1S/C23H25N3O5/c1-4-30-19-11-8-16(13-20(19)31-5-2)12-18-22(28)26(23(29)25-18)14-21(27)24-17-9-6-15(3)7-10-17/h6-13H,4-5,14H2,1-3H3,(H,24,27)(H,25,29)/b18-12+. The molecule has 0 aromatic heterocycles. The monoisotopic (exact) mass is 423 g/mol. The van der Waals surface area contributed by atoms with Gasteiger partial charge in [-0.05, 0) is 56.7 Å². The number of hydrogen-bond donors (Lipinski definition) is 2. The summed E-state index contributed by atoms with van der Waals surface area (Å²) in [5.74, 6) is 0.108. The number of nitrogens with one attached hydrogen (secondary N) is 2. The van der Waals surface area contributed by atoms with E-state index in [1.807, 2.05) is 32.9 Å². The molecule has 4 amide bonds. The number of anilines is 1. The maximum Gasteiger partial charge on any atom is 0.329 e. The van der Waals surface area contributed by atoms with Gasteiger partial charge < -0.3 is 20.1 Å². The summed E-state index contributed by atoms with van der Waals surface area (Å²) >= 11 is 0. The van der Waals surface area contributed by atoms with Crippen LogP contribution in [0.2, 0.25) is 0 Å². The lowest BCUT2D eigenvalue weighted by atomic mass is 10.1. The minimum Gasteiger partial charge on any atom is -0.490 e. The van der Waals surface area contributed by atoms with Crippen molar-refractivity contribution in [2.45, 2.75) is 20.8 Å². The molecule has 1 aliphatic heterocycles. The molecule has 8 nitrogen and oxygen atoms in total. The summed E-state index contributed by atoms with van der Waals surface area (Å²) in [6, 6.07) is 11.8. The van der Waals surface area contributed by atoms with Crippen molar-refractivity contribution in [2.75, 3.05) is 25.1 Å². The highest BCUT2D eigenvalue weighted by Gasteiger charge is 2.35. The lowest BCUT2D eigenvalue weighted by Gasteiger charge is -2.12. The van der Waals surface area contributed by atoms with E-state index >= 15 is 0 Å². The van der Waals surface area contributed by atoms with Gasteiger partial charge in [0.2, 0.25) is 5.91 Å². The van der Waals surface area contributed by atoms with Gasteiger partial charge >= 0.3 is 6.03 Å². The molecule has 0 atom stereocenters. The predicted octanol–water partition coefficient (Wildman–Crippen LogP) is 3.32. The van der Waals surface area contributed by atoms with E-state index in [1.165, 1.54) is 6.08 Å². The topological polar surface area (TPSA) is 97.0 Å². The van der Waals surface area contributed by atoms with Gasteiger partial charge in [0.15, 0.2) is 11.5 Å². The quantitative estimate of drug-likeness (QED) is 0.502. The van der Waals surface area contributed by atoms with Crippen LogP contribution < -0.4 is 20.1 Å². The third kappa shape index (κ3) is 5.42. The van der Waals surface area contributed by atoms with Crippen LogP contribution in [0.1, 0.15) is 25.0 Å². The summed E-state index contributed by atoms with van der Waals surface area (Å²) in [7, 11) is 0. The fraction of sp³-hybridized carbons (Fsp3) is 0.261. The minimum atomic E-state index is -0.647. The number of hydrogen-bond acceptors (Lipinski definition) is 5. The zero-order valence-corrected chi connectivity index (χ0v) is 17.7. The third-order valence-corrected chi connectivity index (χ3v) is 4.48. The first-order valence-corrected chi connectivity index (χ1v) is 10.0. The summed E-state index contributed by atoms with van der Waals surface area (Å²) in [5.41, 5.74) is 2.39. The first-order chi connectivity index (χ1) is 14.9. The average Bonchev–Trinajstić information content (AvgIpc) is 2.99. The molecular formula is C23H25N3O5. The normalized spacial score (nSPS) is 14.5. The Morgan fingerprint density at radius 1 is 1.03 bits per heavy atom. The van der Waals surface area contributed by atoms with Crippen molar-refractivity contribution in [1.29, 1.82) is 0 Å². The van der Waals surface area contributed by atoms with Crippen LogP contribution >= 0.6 is 0 Å². The second-order valence-electron chi connectivity index (χ2n) is 6.87. The van der Waals surface area contributed by atoms with Crippen LogP contribution in [-0.4, -0.2) is 42.5 Å². The van der Waals surface area contributed by atoms with Crippen molar-refractivity contribution in [3.05, 3.63) is 59.3 Å². The van der Waals surface area contributed by atoms with Crippen molar-refractivity contribution in [1.82, 2.24) is 10.2 Å². The molecule has 2 N–H and O–H groups in total. The lowest BCUT2D eigenvalue weighted by molar-refractivity contribution is -0.127. The van der Waals surface area contributed by atoms with Gasteiger partial charge in [-0.25, -0.2) is 9.69 Å². The van der Waals surface area contributed by atoms with Crippen molar-refractivity contribution in [3.8, 4) is 11.5 Å². The van der Waals surface area contributed by atoms with Gasteiger partial charge in [-0.3, -0.25) is 9.59 Å². The van der Waals surface area contributed by atoms with Gasteiger partial charge in [0, 0.05) is 5.69 Å². The molecule has 3 rings (SSSR count). The first-order valence-electron chi connectivity index (χ1n) is 10.0. The van der Waals surface area contributed by atoms with Gasteiger partial charge in [0.05, 0.1) is 13.2 Å². The van der Waals surface area contributed by atoms with Crippen LogP contribution in [0.4, 0.5) is 10.5 Å². The Morgan fingerprint density at radius 3 is 2.39 bits per heavy atom. The number of imide groups is 1. The van der Waals surface area contributed by atoms with Gasteiger partial charge in [0.25, 0.3) is 5.91 Å². The Kier molecular flexibility index (Phi) is 6.92. The van der Waals surface area contributed by atoms with Crippen LogP contribution in [0.25, 0.3) is 6.08 Å². The number of ether oxygens (including phenoxy) is 2. The van der Waals surface area contributed by atoms with E-state index < -0.39 is 17.8 Å². The Balaban J connectivity index is 1.71. The first kappa shape index (κ1) is 21.9. The molecule has 1 saturated heterocycles. The number of carbonyl (C=O) groups is 3. The summed E-state index contributed by atoms with van der Waals surface area (Å²) < 4.78 is 11.1. The number of amides is 4. The highest BCUT2D eigenvalue weighted by molar-refractivity contribution is 6.15. The van der Waals surface area contributed by atoms with E-state index in [9.17, 15) is 14.4 Å². The molecule has 1 aliphatic rings. The van der Waals surface area contributed by atoms with E-state index in [2.05, 4.69) is 10.6 Å². The molecule has 8 heteroatoms. The zero-order chi connectivity index (χ0) is 22.4. The molecule has 31 heavy (non-hydrogen) atoms. The minimum absolute atomic E-state index is 0.0831. The molecular weight excluding hydrogens is 398 g/mol. The Morgan fingerprint density at radius 2 is 1.71 bits per heavy atom. The fourth-order valence-corrected chi connectivity index (χ4v) is 3.02. The number of nitrogens with zero attached hydrogens (tertiary/aromatic N) is 1. The summed E-state index contributed by atoms with van der Waals surface area (Å²) in [6.07, 6.45) is 1.54. The van der Waals surface area contributed by atoms with E-state index in [-0.39, 0.29) is 12.2 Å². The lowest BCUT2D eigenvalue weighted by Crippen LogP contribution is -2.38. The predicted molar refractivity (Wildman–Crippen MR) is 117 cm³/mol. The highest BCUT2D eigenvalue weighted by atomic mass is 16.5. The number of rotatable bonds is 8. The van der Waals surface area contributed by atoms with Crippen molar-refractivity contribution in [3.63, 3.8) is 0 Å². The second kappa shape index (κ2) is 9.80. The average molecular weight is 423 g/mol. The molecule has 2 aromatic rings. The Labute approximate surface area is 180 Å². The van der Waals surface area contributed by atoms with Crippen molar-refractivity contribution in [2.24, 2.45) is 0 Å².